The lowest BCUT2D eigenvalue weighted by Gasteiger charge is -2.34. The largest absolute Gasteiger partial charge is 0.323 e. The van der Waals surface area contributed by atoms with Crippen molar-refractivity contribution in [2.24, 2.45) is 0 Å². The van der Waals surface area contributed by atoms with Crippen molar-refractivity contribution in [1.29, 1.82) is 0 Å². The zero-order valence-corrected chi connectivity index (χ0v) is 18.9. The van der Waals surface area contributed by atoms with Crippen LogP contribution in [0.1, 0.15) is 6.92 Å². The van der Waals surface area contributed by atoms with Crippen LogP contribution in [-0.4, -0.2) is 55.8 Å². The van der Waals surface area contributed by atoms with Crippen molar-refractivity contribution in [3.63, 3.8) is 0 Å². The highest BCUT2D eigenvalue weighted by Crippen LogP contribution is 2.26. The molecule has 2 N–H and O–H groups in total. The normalized spacial score (nSPS) is 16.4. The fourth-order valence-electron chi connectivity index (χ4n) is 4.11. The molecule has 0 aliphatic carbocycles. The molecular formula is C23H25N4O5S+. The highest BCUT2D eigenvalue weighted by Gasteiger charge is 2.37. The van der Waals surface area contributed by atoms with Crippen molar-refractivity contribution in [1.82, 2.24) is 4.31 Å². The first kappa shape index (κ1) is 22.8. The summed E-state index contributed by atoms with van der Waals surface area (Å²) in [4.78, 5) is 24.1. The van der Waals surface area contributed by atoms with Crippen molar-refractivity contribution in [2.75, 3.05) is 31.5 Å². The van der Waals surface area contributed by atoms with Gasteiger partial charge in [0, 0.05) is 11.8 Å². The van der Waals surface area contributed by atoms with Gasteiger partial charge in [-0.25, -0.2) is 8.42 Å². The fourth-order valence-corrected chi connectivity index (χ4v) is 5.71. The topological polar surface area (TPSA) is 114 Å². The minimum atomic E-state index is -4.00. The predicted octanol–water partition coefficient (Wildman–Crippen LogP) is 1.66. The quantitative estimate of drug-likeness (QED) is 0.421. The summed E-state index contributed by atoms with van der Waals surface area (Å²) in [5.74, 6) is -0.143. The second-order valence-corrected chi connectivity index (χ2v) is 9.97. The molecule has 1 heterocycles. The van der Waals surface area contributed by atoms with Crippen LogP contribution < -0.4 is 10.2 Å². The Morgan fingerprint density at radius 1 is 1.03 bits per heavy atom. The first-order chi connectivity index (χ1) is 15.8. The van der Waals surface area contributed by atoms with Gasteiger partial charge in [0.05, 0.1) is 31.1 Å². The molecule has 0 bridgehead atoms. The number of nitro groups is 1. The summed E-state index contributed by atoms with van der Waals surface area (Å²) in [5.41, 5.74) is 0.276. The van der Waals surface area contributed by atoms with Gasteiger partial charge in [-0.15, -0.1) is 0 Å². The second-order valence-electron chi connectivity index (χ2n) is 8.06. The van der Waals surface area contributed by atoms with Crippen molar-refractivity contribution < 1.29 is 23.0 Å². The molecule has 0 saturated carbocycles. The molecular weight excluding hydrogens is 444 g/mol. The highest BCUT2D eigenvalue weighted by atomic mass is 32.2. The summed E-state index contributed by atoms with van der Waals surface area (Å²) in [5, 5.41) is 16.3. The maximum absolute atomic E-state index is 13.0. The minimum absolute atomic E-state index is 0.143. The van der Waals surface area contributed by atoms with Gasteiger partial charge in [-0.3, -0.25) is 14.9 Å². The zero-order chi connectivity index (χ0) is 23.6. The first-order valence-corrected chi connectivity index (χ1v) is 12.1. The monoisotopic (exact) mass is 469 g/mol. The molecule has 1 saturated heterocycles. The molecule has 33 heavy (non-hydrogen) atoms. The number of rotatable bonds is 6. The maximum Gasteiger partial charge on any atom is 0.289 e. The van der Waals surface area contributed by atoms with Gasteiger partial charge in [0.25, 0.3) is 11.6 Å². The lowest BCUT2D eigenvalue weighted by Crippen LogP contribution is -3.19. The number of fused-ring (bicyclic) bond motifs is 1. The van der Waals surface area contributed by atoms with Crippen LogP contribution in [0.2, 0.25) is 0 Å². The third-order valence-electron chi connectivity index (χ3n) is 6.07. The van der Waals surface area contributed by atoms with Crippen LogP contribution in [-0.2, 0) is 14.8 Å². The lowest BCUT2D eigenvalue weighted by molar-refractivity contribution is -0.917. The summed E-state index contributed by atoms with van der Waals surface area (Å²) in [6, 6.07) is 18.6. The van der Waals surface area contributed by atoms with Gasteiger partial charge >= 0.3 is 0 Å². The van der Waals surface area contributed by atoms with Crippen LogP contribution in [0.15, 0.2) is 71.6 Å². The molecule has 0 radical (unpaired) electrons. The standard InChI is InChI=1S/C23H24N4O5S/c1-17(23(28)24-20-11-10-18-6-2-3-7-19(18)16-20)25-12-14-26(15-13-25)33(31,32)22-9-5-4-8-21(22)27(29)30/h2-11,16-17H,12-15H2,1H3,(H,24,28)/p+1/t17-/m0/s1. The van der Waals surface area contributed by atoms with Crippen LogP contribution in [0.5, 0.6) is 0 Å². The number of carbonyl (C=O) groups excluding carboxylic acids is 1. The second kappa shape index (κ2) is 9.26. The van der Waals surface area contributed by atoms with E-state index in [-0.39, 0.29) is 29.9 Å². The molecule has 0 unspecified atom stereocenters. The number of amides is 1. The Morgan fingerprint density at radius 2 is 1.67 bits per heavy atom. The fraction of sp³-hybridized carbons (Fsp3) is 0.261. The van der Waals surface area contributed by atoms with E-state index in [4.69, 9.17) is 0 Å². The number of para-hydroxylation sites is 1. The molecule has 1 aliphatic heterocycles. The van der Waals surface area contributed by atoms with E-state index in [1.54, 1.807) is 0 Å². The Balaban J connectivity index is 1.40. The third-order valence-corrected chi connectivity index (χ3v) is 8.01. The number of nitrogens with zero attached hydrogens (tertiary/aromatic N) is 2. The van der Waals surface area contributed by atoms with Gasteiger partial charge in [-0.2, -0.15) is 4.31 Å². The Labute approximate surface area is 191 Å². The van der Waals surface area contributed by atoms with E-state index in [0.717, 1.165) is 15.7 Å². The van der Waals surface area contributed by atoms with E-state index in [0.29, 0.717) is 18.8 Å². The van der Waals surface area contributed by atoms with E-state index in [9.17, 15) is 23.3 Å². The van der Waals surface area contributed by atoms with Crippen LogP contribution in [0.4, 0.5) is 11.4 Å². The zero-order valence-electron chi connectivity index (χ0n) is 18.1. The smallest absolute Gasteiger partial charge is 0.289 e. The summed E-state index contributed by atoms with van der Waals surface area (Å²) in [6.07, 6.45) is 0. The van der Waals surface area contributed by atoms with Gasteiger partial charge < -0.3 is 10.2 Å². The lowest BCUT2D eigenvalue weighted by atomic mass is 10.1. The van der Waals surface area contributed by atoms with E-state index in [1.807, 2.05) is 49.4 Å². The summed E-state index contributed by atoms with van der Waals surface area (Å²) < 4.78 is 27.3. The summed E-state index contributed by atoms with van der Waals surface area (Å²) in [6.45, 7) is 3.02. The average Bonchev–Trinajstić information content (AvgIpc) is 2.83. The Bertz CT molecular complexity index is 1300. The van der Waals surface area contributed by atoms with Gasteiger partial charge in [0.15, 0.2) is 10.9 Å². The number of carbonyl (C=O) groups is 1. The predicted molar refractivity (Wildman–Crippen MR) is 125 cm³/mol. The molecule has 0 spiro atoms. The van der Waals surface area contributed by atoms with Crippen molar-refractivity contribution in [3.8, 4) is 0 Å². The highest BCUT2D eigenvalue weighted by molar-refractivity contribution is 7.89. The van der Waals surface area contributed by atoms with Crippen LogP contribution in [0.3, 0.4) is 0 Å². The molecule has 172 valence electrons. The number of nitrogens with one attached hydrogen (secondary N) is 2. The molecule has 1 aliphatic rings. The number of hydrogen-bond acceptors (Lipinski definition) is 5. The van der Waals surface area contributed by atoms with Crippen LogP contribution >= 0.6 is 0 Å². The summed E-state index contributed by atoms with van der Waals surface area (Å²) >= 11 is 0. The van der Waals surface area contributed by atoms with E-state index in [2.05, 4.69) is 5.32 Å². The molecule has 4 rings (SSSR count). The number of sulfonamides is 1. The van der Waals surface area contributed by atoms with E-state index < -0.39 is 20.6 Å². The van der Waals surface area contributed by atoms with Crippen molar-refractivity contribution >= 4 is 38.1 Å². The summed E-state index contributed by atoms with van der Waals surface area (Å²) in [7, 11) is -4.00. The number of anilines is 1. The van der Waals surface area contributed by atoms with Gasteiger partial charge in [0.1, 0.15) is 0 Å². The molecule has 1 fully saturated rings. The van der Waals surface area contributed by atoms with Crippen LogP contribution in [0.25, 0.3) is 10.8 Å². The number of hydrogen-bond donors (Lipinski definition) is 2. The Hall–Kier alpha value is -3.34. The molecule has 0 aromatic heterocycles. The maximum atomic E-state index is 13.0. The van der Waals surface area contributed by atoms with Crippen molar-refractivity contribution in [3.05, 3.63) is 76.8 Å². The van der Waals surface area contributed by atoms with Gasteiger partial charge in [-0.05, 0) is 35.9 Å². The van der Waals surface area contributed by atoms with Crippen molar-refractivity contribution in [2.45, 2.75) is 17.9 Å². The average molecular weight is 470 g/mol. The molecule has 1 atom stereocenters. The van der Waals surface area contributed by atoms with Gasteiger partial charge in [-0.1, -0.05) is 42.5 Å². The van der Waals surface area contributed by atoms with E-state index >= 15 is 0 Å². The minimum Gasteiger partial charge on any atom is -0.323 e. The first-order valence-electron chi connectivity index (χ1n) is 10.6. The molecule has 1 amide bonds. The number of benzene rings is 3. The molecule has 3 aromatic carbocycles. The number of nitro benzene ring substituents is 1. The Morgan fingerprint density at radius 3 is 2.36 bits per heavy atom. The molecule has 3 aromatic rings. The van der Waals surface area contributed by atoms with Crippen LogP contribution in [0, 0.1) is 10.1 Å². The molecule has 10 heteroatoms. The molecule has 9 nitrogen and oxygen atoms in total. The SMILES string of the molecule is C[C@@H](C(=O)Nc1ccc2ccccc2c1)[NH+]1CCN(S(=O)(=O)c2ccccc2[N+](=O)[O-])CC1. The van der Waals surface area contributed by atoms with Gasteiger partial charge in [0.2, 0.25) is 10.0 Å². The third kappa shape index (κ3) is 4.72. The Kier molecular flexibility index (Phi) is 6.41. The van der Waals surface area contributed by atoms with E-state index in [1.165, 1.54) is 28.6 Å². The number of quaternary nitrogens is 1. The number of piperazine rings is 1.